The number of hydrogen-bond acceptors (Lipinski definition) is 10. The number of hydrogen-bond donors (Lipinski definition) is 2. The Kier molecular flexibility index (Phi) is 23.9. The summed E-state index contributed by atoms with van der Waals surface area (Å²) < 4.78 is 14.9. The number of carbonyl (C=O) groups excluding carboxylic acids is 4. The number of amides is 4. The molecule has 2 aliphatic rings. The molecule has 2 atom stereocenters. The van der Waals surface area contributed by atoms with E-state index in [1.807, 2.05) is 153 Å². The Balaban J connectivity index is 0.000000219. The van der Waals surface area contributed by atoms with Crippen LogP contribution in [0.2, 0.25) is 5.02 Å². The van der Waals surface area contributed by atoms with E-state index in [0.717, 1.165) is 113 Å². The van der Waals surface area contributed by atoms with Crippen LogP contribution in [-0.2, 0) is 25.9 Å². The summed E-state index contributed by atoms with van der Waals surface area (Å²) in [4.78, 5) is 63.9. The van der Waals surface area contributed by atoms with Gasteiger partial charge in [0.15, 0.2) is 11.4 Å². The molecule has 16 nitrogen and oxygen atoms in total. The van der Waals surface area contributed by atoms with Crippen LogP contribution in [0.15, 0.2) is 140 Å². The van der Waals surface area contributed by atoms with Crippen molar-refractivity contribution in [3.05, 3.63) is 201 Å². The number of halogens is 1. The zero-order valence-corrected chi connectivity index (χ0v) is 56.3. The molecule has 4 amide bonds. The molecule has 8 aromatic rings. The Morgan fingerprint density at radius 1 is 0.548 bits per heavy atom. The van der Waals surface area contributed by atoms with Gasteiger partial charge in [-0.3, -0.25) is 19.2 Å². The van der Waals surface area contributed by atoms with Crippen LogP contribution in [-0.4, -0.2) is 138 Å². The second-order valence-corrected chi connectivity index (χ2v) is 25.1. The van der Waals surface area contributed by atoms with Gasteiger partial charge in [0, 0.05) is 61.2 Å². The highest BCUT2D eigenvalue weighted by molar-refractivity contribution is 6.31. The number of ether oxygens (including phenoxy) is 2. The molecule has 490 valence electrons. The van der Waals surface area contributed by atoms with E-state index in [9.17, 15) is 29.4 Å². The van der Waals surface area contributed by atoms with E-state index in [-0.39, 0.29) is 55.0 Å². The smallest absolute Gasteiger partial charge is 0.274 e. The minimum absolute atomic E-state index is 0.0675. The van der Waals surface area contributed by atoms with Crippen molar-refractivity contribution < 1.29 is 38.9 Å². The summed E-state index contributed by atoms with van der Waals surface area (Å²) in [5.74, 6) is 0.788. The third-order valence-electron chi connectivity index (χ3n) is 17.5. The zero-order chi connectivity index (χ0) is 66.3. The molecule has 0 aliphatic carbocycles. The van der Waals surface area contributed by atoms with Crippen LogP contribution in [0.3, 0.4) is 0 Å². The molecule has 0 radical (unpaired) electrons. The molecule has 0 fully saturated rings. The van der Waals surface area contributed by atoms with E-state index < -0.39 is 0 Å². The van der Waals surface area contributed by atoms with Crippen LogP contribution in [0.25, 0.3) is 33.6 Å². The highest BCUT2D eigenvalue weighted by atomic mass is 35.5. The Morgan fingerprint density at radius 2 is 0.968 bits per heavy atom. The highest BCUT2D eigenvalue weighted by Crippen LogP contribution is 2.37. The van der Waals surface area contributed by atoms with Crippen LogP contribution in [0, 0.1) is 13.8 Å². The molecule has 0 saturated heterocycles. The number of benzene rings is 6. The van der Waals surface area contributed by atoms with Crippen molar-refractivity contribution in [2.75, 3.05) is 46.5 Å². The third-order valence-corrected chi connectivity index (χ3v) is 17.7. The molecule has 0 spiro atoms. The Bertz CT molecular complexity index is 3860. The van der Waals surface area contributed by atoms with Crippen molar-refractivity contribution in [1.82, 2.24) is 39.2 Å². The monoisotopic (exact) mass is 1280 g/mol. The predicted molar refractivity (Wildman–Crippen MR) is 368 cm³/mol. The number of nitrogens with zero attached hydrogens (tertiary/aromatic N) is 8. The van der Waals surface area contributed by atoms with Gasteiger partial charge in [-0.25, -0.2) is 9.36 Å². The van der Waals surface area contributed by atoms with Gasteiger partial charge >= 0.3 is 0 Å². The second kappa shape index (κ2) is 32.3. The van der Waals surface area contributed by atoms with E-state index >= 15 is 0 Å². The van der Waals surface area contributed by atoms with Crippen LogP contribution in [0.4, 0.5) is 0 Å². The van der Waals surface area contributed by atoms with Gasteiger partial charge in [0.05, 0.1) is 61.0 Å². The average molecular weight is 1280 g/mol. The summed E-state index contributed by atoms with van der Waals surface area (Å²) in [5, 5.41) is 31.0. The molecule has 10 rings (SSSR count). The van der Waals surface area contributed by atoms with Gasteiger partial charge in [0.2, 0.25) is 0 Å². The van der Waals surface area contributed by atoms with Crippen LogP contribution in [0.1, 0.15) is 168 Å². The number of aryl methyl sites for hydroxylation is 2. The SMILES string of the molecule is CCCCN(CCCC)C(=O)c1cc(C)n(-c2ccc(-c3cc(Cl)ccc3OC)cc2C(=O)N2Cc3ccccc3C[C@H]2CO)n1.CCCCN(CCCC)C(=O)c1cc(C)n(-c2ccc(-c3ccc(OC(C)C)cc3)cc2C(=O)N2Cc3ccccc3C[C@H]2CO)n1. The van der Waals surface area contributed by atoms with Gasteiger partial charge in [-0.2, -0.15) is 10.2 Å². The molecule has 2 N–H and O–H groups in total. The lowest BCUT2D eigenvalue weighted by atomic mass is 9.93. The van der Waals surface area contributed by atoms with Crippen molar-refractivity contribution in [1.29, 1.82) is 0 Å². The lowest BCUT2D eigenvalue weighted by Crippen LogP contribution is -2.46. The van der Waals surface area contributed by atoms with Crippen LogP contribution >= 0.6 is 11.6 Å². The minimum atomic E-state index is -0.388. The normalized spacial score (nSPS) is 14.2. The average Bonchev–Trinajstić information content (AvgIpc) is 1.76. The van der Waals surface area contributed by atoms with Crippen molar-refractivity contribution in [3.63, 3.8) is 0 Å². The van der Waals surface area contributed by atoms with Gasteiger partial charge in [-0.05, 0) is 172 Å². The first-order valence-corrected chi connectivity index (χ1v) is 33.5. The largest absolute Gasteiger partial charge is 0.496 e. The number of fused-ring (bicyclic) bond motifs is 2. The predicted octanol–water partition coefficient (Wildman–Crippen LogP) is 14.3. The van der Waals surface area contributed by atoms with E-state index in [1.54, 1.807) is 44.5 Å². The van der Waals surface area contributed by atoms with Gasteiger partial charge in [0.1, 0.15) is 11.5 Å². The molecule has 0 saturated carbocycles. The number of aromatic nitrogens is 4. The molecule has 4 heterocycles. The van der Waals surface area contributed by atoms with Crippen LogP contribution in [0.5, 0.6) is 11.5 Å². The maximum Gasteiger partial charge on any atom is 0.274 e. The second-order valence-electron chi connectivity index (χ2n) is 24.6. The number of aliphatic hydroxyl groups excluding tert-OH is 2. The lowest BCUT2D eigenvalue weighted by Gasteiger charge is -2.36. The summed E-state index contributed by atoms with van der Waals surface area (Å²) in [7, 11) is 1.60. The zero-order valence-electron chi connectivity index (χ0n) is 55.5. The summed E-state index contributed by atoms with van der Waals surface area (Å²) >= 11 is 6.39. The molecule has 17 heteroatoms. The summed E-state index contributed by atoms with van der Waals surface area (Å²) in [6.07, 6.45) is 8.92. The quantitative estimate of drug-likeness (QED) is 0.0560. The van der Waals surface area contributed by atoms with E-state index in [1.165, 1.54) is 0 Å². The molecule has 93 heavy (non-hydrogen) atoms. The van der Waals surface area contributed by atoms with Crippen molar-refractivity contribution in [2.24, 2.45) is 0 Å². The van der Waals surface area contributed by atoms with Crippen molar-refractivity contribution in [3.8, 4) is 45.1 Å². The standard InChI is InChI=1S/C39H48N4O4.C37H43ClN4O4/c1-6-8-20-41(21-9-7-2)39(46)36-22-28(5)43(40-36)37-19-16-31(29-14-17-34(18-15-29)47-27(3)4)24-35(37)38(45)42-25-32-13-11-10-12-30(32)23-33(42)26-44;1-5-7-17-40(18-8-6-2)37(45)33-19-25(3)42(39-33)34-15-13-27(31-22-29(38)14-16-35(31)46-4)21-32(34)36(44)41-23-28-12-10-9-11-26(28)20-30(41)24-43/h10-19,22,24,27,33,44H,6-9,20-21,23,25-26H2,1-5H3;9-16,19,21-22,30,43H,5-8,17-18,20,23-24H2,1-4H3/t33-;30-/m00/s1. The minimum Gasteiger partial charge on any atom is -0.496 e. The topological polar surface area (TPSA) is 176 Å². The maximum absolute atomic E-state index is 14.6. The van der Waals surface area contributed by atoms with Gasteiger partial charge in [0.25, 0.3) is 23.6 Å². The highest BCUT2D eigenvalue weighted by Gasteiger charge is 2.35. The molecular weight excluding hydrogens is 1190 g/mol. The summed E-state index contributed by atoms with van der Waals surface area (Å²) in [6.45, 7) is 19.5. The van der Waals surface area contributed by atoms with Crippen molar-refractivity contribution in [2.45, 2.75) is 151 Å². The summed E-state index contributed by atoms with van der Waals surface area (Å²) in [6, 6.07) is 43.6. The Labute approximate surface area is 553 Å². The Morgan fingerprint density at radius 3 is 1.39 bits per heavy atom. The van der Waals surface area contributed by atoms with Crippen molar-refractivity contribution >= 4 is 35.2 Å². The Hall–Kier alpha value is -8.57. The number of rotatable bonds is 25. The van der Waals surface area contributed by atoms with E-state index in [2.05, 4.69) is 33.8 Å². The molecule has 0 unspecified atom stereocenters. The van der Waals surface area contributed by atoms with Gasteiger partial charge < -0.3 is 39.3 Å². The number of methoxy groups -OCH3 is 1. The first-order valence-electron chi connectivity index (χ1n) is 33.1. The molecule has 6 aromatic carbocycles. The number of carbonyl (C=O) groups is 4. The first-order chi connectivity index (χ1) is 45.0. The van der Waals surface area contributed by atoms with Crippen LogP contribution < -0.4 is 9.47 Å². The molecular formula is C76H91ClN8O8. The van der Waals surface area contributed by atoms with E-state index in [0.29, 0.717) is 96.8 Å². The lowest BCUT2D eigenvalue weighted by molar-refractivity contribution is 0.0539. The van der Waals surface area contributed by atoms with Gasteiger partial charge in [-0.15, -0.1) is 0 Å². The fourth-order valence-electron chi connectivity index (χ4n) is 12.3. The summed E-state index contributed by atoms with van der Waals surface area (Å²) in [5.41, 5.74) is 11.9. The fourth-order valence-corrected chi connectivity index (χ4v) is 12.5. The number of aliphatic hydroxyl groups is 2. The number of unbranched alkanes of at least 4 members (excludes halogenated alkanes) is 4. The fraction of sp³-hybridized carbons (Fsp3) is 0.395. The molecule has 0 bridgehead atoms. The third kappa shape index (κ3) is 16.3. The molecule has 2 aromatic heterocycles. The first kappa shape index (κ1) is 68.8. The van der Waals surface area contributed by atoms with E-state index in [4.69, 9.17) is 31.3 Å². The van der Waals surface area contributed by atoms with Gasteiger partial charge in [-0.1, -0.05) is 138 Å². The molecule has 2 aliphatic heterocycles. The maximum atomic E-state index is 14.6.